The zero-order valence-electron chi connectivity index (χ0n) is 21.0. The average Bonchev–Trinajstić information content (AvgIpc) is 2.85. The summed E-state index contributed by atoms with van der Waals surface area (Å²) in [6.07, 6.45) is 15.9. The van der Waals surface area contributed by atoms with Gasteiger partial charge in [-0.25, -0.2) is 13.2 Å². The molecule has 0 aromatic heterocycles. The van der Waals surface area contributed by atoms with Gasteiger partial charge >= 0.3 is 0 Å². The predicted molar refractivity (Wildman–Crippen MR) is 135 cm³/mol. The number of hydrogen-bond donors (Lipinski definition) is 0. The Morgan fingerprint density at radius 1 is 0.765 bits per heavy atom. The van der Waals surface area contributed by atoms with E-state index in [0.29, 0.717) is 17.0 Å². The van der Waals surface area contributed by atoms with Gasteiger partial charge in [0, 0.05) is 5.56 Å². The highest BCUT2D eigenvalue weighted by atomic mass is 19.2. The number of unbranched alkanes of at least 4 members (excludes halogenated alkanes) is 1. The zero-order valence-corrected chi connectivity index (χ0v) is 21.0. The summed E-state index contributed by atoms with van der Waals surface area (Å²) in [5, 5.41) is 0. The molecule has 1 unspecified atom stereocenters. The molecule has 0 spiro atoms. The molecule has 2 aliphatic carbocycles. The van der Waals surface area contributed by atoms with Crippen molar-refractivity contribution in [1.82, 2.24) is 0 Å². The first kappa shape index (κ1) is 25.3. The molecule has 2 aliphatic rings. The second-order valence-corrected chi connectivity index (χ2v) is 11.2. The van der Waals surface area contributed by atoms with Crippen LogP contribution in [0.15, 0.2) is 36.4 Å². The molecule has 2 aromatic carbocycles. The van der Waals surface area contributed by atoms with Crippen molar-refractivity contribution in [1.29, 1.82) is 0 Å². The Labute approximate surface area is 204 Å². The third-order valence-electron chi connectivity index (χ3n) is 8.91. The molecule has 186 valence electrons. The molecular weight excluding hydrogens is 429 g/mol. The van der Waals surface area contributed by atoms with E-state index in [9.17, 15) is 13.2 Å². The van der Waals surface area contributed by atoms with Crippen molar-refractivity contribution in [2.24, 2.45) is 23.7 Å². The van der Waals surface area contributed by atoms with E-state index >= 15 is 0 Å². The van der Waals surface area contributed by atoms with Crippen molar-refractivity contribution in [3.63, 3.8) is 0 Å². The normalized spacial score (nSPS) is 26.4. The first-order chi connectivity index (χ1) is 16.4. The molecule has 0 saturated heterocycles. The Bertz CT molecular complexity index is 920. The monoisotopic (exact) mass is 470 g/mol. The van der Waals surface area contributed by atoms with E-state index in [4.69, 9.17) is 0 Å². The minimum atomic E-state index is -0.946. The second kappa shape index (κ2) is 11.8. The summed E-state index contributed by atoms with van der Waals surface area (Å²) in [4.78, 5) is 0. The standard InChI is InChI=1S/C31H41F3/c1-3-4-5-22-6-10-24(11-7-22)21(2)18-23-8-12-25(13-9-23)26-14-16-28(30(33)19-26)27-15-17-29(32)31(34)20-27/h14-17,19-25H,3-13,18H2,1-2H3. The van der Waals surface area contributed by atoms with E-state index in [2.05, 4.69) is 13.8 Å². The Kier molecular flexibility index (Phi) is 8.77. The quantitative estimate of drug-likeness (QED) is 0.360. The van der Waals surface area contributed by atoms with Crippen LogP contribution in [0.25, 0.3) is 11.1 Å². The molecule has 0 heterocycles. The van der Waals surface area contributed by atoms with Crippen LogP contribution < -0.4 is 0 Å². The maximum atomic E-state index is 14.9. The molecule has 2 fully saturated rings. The molecule has 1 atom stereocenters. The van der Waals surface area contributed by atoms with Crippen molar-refractivity contribution in [3.05, 3.63) is 59.4 Å². The lowest BCUT2D eigenvalue weighted by molar-refractivity contribution is 0.169. The molecule has 0 aliphatic heterocycles. The van der Waals surface area contributed by atoms with Crippen LogP contribution in [0.3, 0.4) is 0 Å². The van der Waals surface area contributed by atoms with E-state index < -0.39 is 11.6 Å². The van der Waals surface area contributed by atoms with Gasteiger partial charge in [0.15, 0.2) is 11.6 Å². The van der Waals surface area contributed by atoms with Crippen LogP contribution >= 0.6 is 0 Å². The smallest absolute Gasteiger partial charge is 0.159 e. The summed E-state index contributed by atoms with van der Waals surface area (Å²) in [5.41, 5.74) is 1.75. The van der Waals surface area contributed by atoms with Gasteiger partial charge in [0.2, 0.25) is 0 Å². The summed E-state index contributed by atoms with van der Waals surface area (Å²) < 4.78 is 41.7. The summed E-state index contributed by atoms with van der Waals surface area (Å²) in [6, 6.07) is 8.87. The third kappa shape index (κ3) is 6.26. The summed E-state index contributed by atoms with van der Waals surface area (Å²) >= 11 is 0. The van der Waals surface area contributed by atoms with E-state index in [0.717, 1.165) is 54.2 Å². The van der Waals surface area contributed by atoms with Crippen LogP contribution in [0.2, 0.25) is 0 Å². The Morgan fingerprint density at radius 3 is 2.12 bits per heavy atom. The van der Waals surface area contributed by atoms with E-state index in [1.165, 1.54) is 70.3 Å². The van der Waals surface area contributed by atoms with Gasteiger partial charge < -0.3 is 0 Å². The van der Waals surface area contributed by atoms with Crippen molar-refractivity contribution in [3.8, 4) is 11.1 Å². The highest BCUT2D eigenvalue weighted by molar-refractivity contribution is 5.64. The van der Waals surface area contributed by atoms with Crippen LogP contribution in [0.4, 0.5) is 13.2 Å². The lowest BCUT2D eigenvalue weighted by Gasteiger charge is -2.36. The lowest BCUT2D eigenvalue weighted by Crippen LogP contribution is -2.23. The number of halogens is 3. The fourth-order valence-corrected chi connectivity index (χ4v) is 6.67. The molecular formula is C31H41F3. The topological polar surface area (TPSA) is 0 Å². The van der Waals surface area contributed by atoms with Gasteiger partial charge in [0.1, 0.15) is 5.82 Å². The summed E-state index contributed by atoms with van der Waals surface area (Å²) in [5.74, 6) is 1.70. The summed E-state index contributed by atoms with van der Waals surface area (Å²) in [7, 11) is 0. The van der Waals surface area contributed by atoms with Gasteiger partial charge in [0.25, 0.3) is 0 Å². The number of hydrogen-bond acceptors (Lipinski definition) is 0. The Hall–Kier alpha value is -1.77. The highest BCUT2D eigenvalue weighted by Crippen LogP contribution is 2.43. The predicted octanol–water partition coefficient (Wildman–Crippen LogP) is 10.1. The maximum Gasteiger partial charge on any atom is 0.159 e. The molecule has 0 radical (unpaired) electrons. The molecule has 0 N–H and O–H groups in total. The van der Waals surface area contributed by atoms with Gasteiger partial charge in [0.05, 0.1) is 0 Å². The molecule has 2 saturated carbocycles. The molecule has 0 bridgehead atoms. The van der Waals surface area contributed by atoms with Crippen LogP contribution in [0, 0.1) is 41.1 Å². The van der Waals surface area contributed by atoms with Gasteiger partial charge in [-0.3, -0.25) is 0 Å². The largest absolute Gasteiger partial charge is 0.206 e. The molecule has 4 rings (SSSR count). The van der Waals surface area contributed by atoms with Gasteiger partial charge in [-0.05, 0) is 104 Å². The minimum Gasteiger partial charge on any atom is -0.206 e. The highest BCUT2D eigenvalue weighted by Gasteiger charge is 2.29. The van der Waals surface area contributed by atoms with Crippen molar-refractivity contribution in [2.45, 2.75) is 96.8 Å². The Morgan fingerprint density at radius 2 is 1.47 bits per heavy atom. The minimum absolute atomic E-state index is 0.328. The summed E-state index contributed by atoms with van der Waals surface area (Å²) in [6.45, 7) is 4.78. The van der Waals surface area contributed by atoms with E-state index in [-0.39, 0.29) is 5.82 Å². The first-order valence-electron chi connectivity index (χ1n) is 13.7. The number of rotatable bonds is 8. The SMILES string of the molecule is CCCCC1CCC(C(C)CC2CCC(c3ccc(-c4ccc(F)c(F)c4)c(F)c3)CC2)CC1. The van der Waals surface area contributed by atoms with E-state index in [1.54, 1.807) is 12.1 Å². The van der Waals surface area contributed by atoms with E-state index in [1.807, 2.05) is 6.07 Å². The van der Waals surface area contributed by atoms with Crippen LogP contribution in [-0.4, -0.2) is 0 Å². The molecule has 0 amide bonds. The molecule has 3 heteroatoms. The fourth-order valence-electron chi connectivity index (χ4n) is 6.67. The Balaban J connectivity index is 1.27. The molecule has 0 nitrogen and oxygen atoms in total. The van der Waals surface area contributed by atoms with Gasteiger partial charge in [-0.1, -0.05) is 64.2 Å². The first-order valence-corrected chi connectivity index (χ1v) is 13.7. The third-order valence-corrected chi connectivity index (χ3v) is 8.91. The van der Waals surface area contributed by atoms with Crippen LogP contribution in [0.1, 0.15) is 102 Å². The maximum absolute atomic E-state index is 14.9. The van der Waals surface area contributed by atoms with Crippen molar-refractivity contribution in [2.75, 3.05) is 0 Å². The molecule has 34 heavy (non-hydrogen) atoms. The average molecular weight is 471 g/mol. The van der Waals surface area contributed by atoms with Crippen LogP contribution in [0.5, 0.6) is 0 Å². The number of benzene rings is 2. The molecule has 2 aromatic rings. The van der Waals surface area contributed by atoms with Gasteiger partial charge in [-0.15, -0.1) is 0 Å². The fraction of sp³-hybridized carbons (Fsp3) is 0.613. The van der Waals surface area contributed by atoms with Crippen molar-refractivity contribution >= 4 is 0 Å². The lowest BCUT2D eigenvalue weighted by atomic mass is 9.70. The van der Waals surface area contributed by atoms with Crippen molar-refractivity contribution < 1.29 is 13.2 Å². The van der Waals surface area contributed by atoms with Gasteiger partial charge in [-0.2, -0.15) is 0 Å². The van der Waals surface area contributed by atoms with Crippen LogP contribution in [-0.2, 0) is 0 Å². The second-order valence-electron chi connectivity index (χ2n) is 11.2. The zero-order chi connectivity index (χ0) is 24.1.